The van der Waals surface area contributed by atoms with Crippen LogP contribution in [0, 0.1) is 11.6 Å². The molecule has 0 spiro atoms. The Morgan fingerprint density at radius 2 is 2.00 bits per heavy atom. The number of Topliss-reactive ketones (excluding diaryl/α,β-unsaturated/α-hetero) is 1. The lowest BCUT2D eigenvalue weighted by Gasteiger charge is -2.15. The van der Waals surface area contributed by atoms with Crippen LogP contribution in [0.2, 0.25) is 0 Å². The third kappa shape index (κ3) is 3.53. The zero-order valence-corrected chi connectivity index (χ0v) is 9.68. The molecular weight excluding hydrogens is 252 g/mol. The number of halogens is 4. The molecule has 0 aliphatic carbocycles. The van der Waals surface area contributed by atoms with Crippen molar-refractivity contribution in [3.63, 3.8) is 0 Å². The molecule has 1 aromatic rings. The summed E-state index contributed by atoms with van der Waals surface area (Å²) in [6, 6.07) is 1.86. The van der Waals surface area contributed by atoms with Gasteiger partial charge in [0, 0.05) is 19.1 Å². The molecule has 0 heterocycles. The maximum Gasteiger partial charge on any atom is 0.312 e. The van der Waals surface area contributed by atoms with Crippen molar-refractivity contribution >= 4 is 5.78 Å². The third-order valence-electron chi connectivity index (χ3n) is 2.27. The van der Waals surface area contributed by atoms with Crippen molar-refractivity contribution in [3.05, 3.63) is 35.4 Å². The highest BCUT2D eigenvalue weighted by molar-refractivity contribution is 6.01. The minimum atomic E-state index is -3.73. The Bertz CT molecular complexity index is 432. The van der Waals surface area contributed by atoms with Crippen LogP contribution in [-0.2, 0) is 4.74 Å². The summed E-state index contributed by atoms with van der Waals surface area (Å²) < 4.78 is 57.3. The average molecular weight is 264 g/mol. The Morgan fingerprint density at radius 1 is 1.33 bits per heavy atom. The fourth-order valence-corrected chi connectivity index (χ4v) is 1.33. The number of carbonyl (C=O) groups excluding carboxylic acids is 1. The largest absolute Gasteiger partial charge is 0.381 e. The monoisotopic (exact) mass is 264 g/mol. The van der Waals surface area contributed by atoms with Crippen LogP contribution in [0.25, 0.3) is 0 Å². The van der Waals surface area contributed by atoms with Gasteiger partial charge >= 0.3 is 5.92 Å². The van der Waals surface area contributed by atoms with Gasteiger partial charge in [-0.25, -0.2) is 8.78 Å². The van der Waals surface area contributed by atoms with Crippen LogP contribution in [0.4, 0.5) is 17.6 Å². The fourth-order valence-electron chi connectivity index (χ4n) is 1.33. The van der Waals surface area contributed by atoms with Crippen LogP contribution in [-0.4, -0.2) is 24.9 Å². The second kappa shape index (κ2) is 5.95. The molecule has 0 bridgehead atoms. The topological polar surface area (TPSA) is 26.3 Å². The number of hydrogen-bond donors (Lipinski definition) is 0. The van der Waals surface area contributed by atoms with Gasteiger partial charge in [-0.05, 0) is 19.1 Å². The number of ketones is 1. The Balaban J connectivity index is 2.84. The van der Waals surface area contributed by atoms with E-state index in [9.17, 15) is 22.4 Å². The minimum Gasteiger partial charge on any atom is -0.381 e. The second-order valence-corrected chi connectivity index (χ2v) is 3.60. The molecule has 0 atom stereocenters. The number of ether oxygens (including phenoxy) is 1. The summed E-state index contributed by atoms with van der Waals surface area (Å²) in [5.74, 6) is -7.62. The summed E-state index contributed by atoms with van der Waals surface area (Å²) in [6.07, 6.45) is -0.837. The Hall–Kier alpha value is -1.43. The Morgan fingerprint density at radius 3 is 2.56 bits per heavy atom. The summed E-state index contributed by atoms with van der Waals surface area (Å²) in [5.41, 5.74) is -0.821. The normalized spacial score (nSPS) is 11.6. The van der Waals surface area contributed by atoms with Crippen LogP contribution in [0.3, 0.4) is 0 Å². The van der Waals surface area contributed by atoms with E-state index in [2.05, 4.69) is 0 Å². The number of rotatable bonds is 6. The van der Waals surface area contributed by atoms with Gasteiger partial charge in [-0.2, -0.15) is 8.78 Å². The van der Waals surface area contributed by atoms with Gasteiger partial charge in [0.1, 0.15) is 11.6 Å². The molecule has 2 nitrogen and oxygen atoms in total. The van der Waals surface area contributed by atoms with E-state index in [1.54, 1.807) is 6.92 Å². The van der Waals surface area contributed by atoms with Crippen LogP contribution in [0.5, 0.6) is 0 Å². The van der Waals surface area contributed by atoms with Crippen molar-refractivity contribution in [2.24, 2.45) is 0 Å². The lowest BCUT2D eigenvalue weighted by molar-refractivity contribution is -0.0137. The van der Waals surface area contributed by atoms with E-state index in [1.165, 1.54) is 0 Å². The summed E-state index contributed by atoms with van der Waals surface area (Å²) in [6.45, 7) is 1.56. The molecule has 0 saturated carbocycles. The molecule has 100 valence electrons. The van der Waals surface area contributed by atoms with Gasteiger partial charge in [0.05, 0.1) is 12.2 Å². The van der Waals surface area contributed by atoms with Gasteiger partial charge in [-0.3, -0.25) is 4.79 Å². The van der Waals surface area contributed by atoms with E-state index >= 15 is 0 Å². The highest BCUT2D eigenvalue weighted by atomic mass is 19.3. The molecule has 0 aromatic heterocycles. The van der Waals surface area contributed by atoms with Crippen LogP contribution < -0.4 is 0 Å². The summed E-state index contributed by atoms with van der Waals surface area (Å²) in [7, 11) is 0. The lowest BCUT2D eigenvalue weighted by Crippen LogP contribution is -2.31. The molecule has 0 radical (unpaired) electrons. The van der Waals surface area contributed by atoms with Crippen molar-refractivity contribution in [2.75, 3.05) is 13.2 Å². The van der Waals surface area contributed by atoms with Crippen molar-refractivity contribution in [1.82, 2.24) is 0 Å². The third-order valence-corrected chi connectivity index (χ3v) is 2.27. The molecule has 0 N–H and O–H groups in total. The quantitative estimate of drug-likeness (QED) is 0.448. The molecule has 0 aliphatic rings. The van der Waals surface area contributed by atoms with E-state index in [0.29, 0.717) is 12.1 Å². The van der Waals surface area contributed by atoms with Gasteiger partial charge in [-0.15, -0.1) is 0 Å². The smallest absolute Gasteiger partial charge is 0.312 e. The first-order valence-corrected chi connectivity index (χ1v) is 5.34. The van der Waals surface area contributed by atoms with Gasteiger partial charge in [-0.1, -0.05) is 0 Å². The number of alkyl halides is 2. The van der Waals surface area contributed by atoms with Crippen molar-refractivity contribution < 1.29 is 27.1 Å². The number of hydrogen-bond acceptors (Lipinski definition) is 2. The summed E-state index contributed by atoms with van der Waals surface area (Å²) in [4.78, 5) is 11.4. The fraction of sp³-hybridized carbons (Fsp3) is 0.417. The average Bonchev–Trinajstić information content (AvgIpc) is 2.28. The first-order chi connectivity index (χ1) is 8.38. The maximum absolute atomic E-state index is 13.4. The van der Waals surface area contributed by atoms with Gasteiger partial charge in [0.15, 0.2) is 0 Å². The van der Waals surface area contributed by atoms with Crippen LogP contribution >= 0.6 is 0 Å². The number of benzene rings is 1. The molecular formula is C12H12F4O2. The van der Waals surface area contributed by atoms with E-state index in [0.717, 1.165) is 6.07 Å². The highest BCUT2D eigenvalue weighted by Gasteiger charge is 2.40. The predicted octanol–water partition coefficient (Wildman–Crippen LogP) is 3.21. The first-order valence-electron chi connectivity index (χ1n) is 5.34. The first kappa shape index (κ1) is 14.6. The number of carbonyl (C=O) groups is 1. The minimum absolute atomic E-state index is 0.245. The second-order valence-electron chi connectivity index (χ2n) is 3.60. The van der Waals surface area contributed by atoms with E-state index in [-0.39, 0.29) is 13.2 Å². The van der Waals surface area contributed by atoms with Crippen molar-refractivity contribution in [1.29, 1.82) is 0 Å². The van der Waals surface area contributed by atoms with E-state index < -0.39 is 35.3 Å². The lowest BCUT2D eigenvalue weighted by atomic mass is 10.0. The van der Waals surface area contributed by atoms with Gasteiger partial charge < -0.3 is 4.74 Å². The van der Waals surface area contributed by atoms with E-state index in [1.807, 2.05) is 0 Å². The highest BCUT2D eigenvalue weighted by Crippen LogP contribution is 2.25. The summed E-state index contributed by atoms with van der Waals surface area (Å²) in [5, 5.41) is 0. The predicted molar refractivity (Wildman–Crippen MR) is 56.7 cm³/mol. The van der Waals surface area contributed by atoms with Crippen molar-refractivity contribution in [2.45, 2.75) is 19.3 Å². The maximum atomic E-state index is 13.4. The molecule has 1 aromatic carbocycles. The van der Waals surface area contributed by atoms with E-state index in [4.69, 9.17) is 4.74 Å². The molecule has 18 heavy (non-hydrogen) atoms. The zero-order valence-electron chi connectivity index (χ0n) is 9.68. The molecule has 1 rings (SSSR count). The van der Waals surface area contributed by atoms with Gasteiger partial charge in [0.25, 0.3) is 0 Å². The SMILES string of the molecule is CCOCCC(F)(F)C(=O)c1ccc(F)cc1F. The standard InChI is InChI=1S/C12H12F4O2/c1-2-18-6-5-12(15,16)11(17)9-4-3-8(13)7-10(9)14/h3-4,7H,2,5-6H2,1H3. The molecule has 6 heteroatoms. The van der Waals surface area contributed by atoms with Crippen LogP contribution in [0.1, 0.15) is 23.7 Å². The molecule has 0 unspecified atom stereocenters. The molecule has 0 amide bonds. The van der Waals surface area contributed by atoms with Crippen LogP contribution in [0.15, 0.2) is 18.2 Å². The zero-order chi connectivity index (χ0) is 13.8. The Labute approximate surface area is 102 Å². The molecule has 0 fully saturated rings. The van der Waals surface area contributed by atoms with Gasteiger partial charge in [0.2, 0.25) is 5.78 Å². The molecule has 0 saturated heterocycles. The van der Waals surface area contributed by atoms with Crippen molar-refractivity contribution in [3.8, 4) is 0 Å². The molecule has 0 aliphatic heterocycles. The summed E-state index contributed by atoms with van der Waals surface area (Å²) >= 11 is 0. The Kier molecular flexibility index (Phi) is 4.84.